The summed E-state index contributed by atoms with van der Waals surface area (Å²) in [6, 6.07) is -0.878. The molecule has 0 spiro atoms. The first kappa shape index (κ1) is 9.66. The summed E-state index contributed by atoms with van der Waals surface area (Å²) in [5, 5.41) is 8.38. The molecule has 0 aliphatic heterocycles. The lowest BCUT2D eigenvalue weighted by Gasteiger charge is -2.05. The van der Waals surface area contributed by atoms with E-state index >= 15 is 0 Å². The van der Waals surface area contributed by atoms with Crippen LogP contribution in [0.4, 0.5) is 0 Å². The minimum atomic E-state index is -1.05. The maximum absolute atomic E-state index is 10.2. The standard InChI is InChI=1S/C4H11N5O2/c1-2(3(10)11)7-4(8-5)9-6/h2H,5-6H2,1H3,(H,10,11)(H2,7,8,9)/t2-/m0/s1. The van der Waals surface area contributed by atoms with Crippen molar-refractivity contribution in [1.82, 2.24) is 10.9 Å². The largest absolute Gasteiger partial charge is 0.480 e. The van der Waals surface area contributed by atoms with Gasteiger partial charge in [0.2, 0.25) is 5.96 Å². The predicted octanol–water partition coefficient (Wildman–Crippen LogP) is -2.26. The number of nitrogens with one attached hydrogen (secondary N) is 2. The van der Waals surface area contributed by atoms with E-state index < -0.39 is 12.0 Å². The fourth-order valence-electron chi connectivity index (χ4n) is 0.365. The molecule has 0 saturated carbocycles. The Balaban J connectivity index is 4.14. The van der Waals surface area contributed by atoms with Crippen LogP contribution in [-0.2, 0) is 4.79 Å². The number of hydrazine groups is 2. The summed E-state index contributed by atoms with van der Waals surface area (Å²) >= 11 is 0. The van der Waals surface area contributed by atoms with Crippen LogP contribution in [0.5, 0.6) is 0 Å². The lowest BCUT2D eigenvalue weighted by molar-refractivity contribution is -0.137. The zero-order valence-electron chi connectivity index (χ0n) is 6.03. The monoisotopic (exact) mass is 161 g/mol. The lowest BCUT2D eigenvalue weighted by atomic mass is 10.4. The number of carbonyl (C=O) groups is 1. The molecule has 0 fully saturated rings. The molecule has 0 aromatic carbocycles. The Hall–Kier alpha value is -1.34. The van der Waals surface area contributed by atoms with Crippen molar-refractivity contribution in [3.8, 4) is 0 Å². The second-order valence-corrected chi connectivity index (χ2v) is 1.78. The van der Waals surface area contributed by atoms with Crippen molar-refractivity contribution >= 4 is 11.9 Å². The summed E-state index contributed by atoms with van der Waals surface area (Å²) in [4.78, 5) is 13.8. The Labute approximate surface area is 63.4 Å². The molecule has 0 aromatic heterocycles. The number of hydrogen-bond donors (Lipinski definition) is 5. The Kier molecular flexibility index (Phi) is 3.93. The first-order chi connectivity index (χ1) is 5.11. The van der Waals surface area contributed by atoms with Crippen LogP contribution in [0.3, 0.4) is 0 Å². The van der Waals surface area contributed by atoms with Gasteiger partial charge in [0.1, 0.15) is 6.04 Å². The average Bonchev–Trinajstić information content (AvgIpc) is 1.99. The van der Waals surface area contributed by atoms with E-state index in [4.69, 9.17) is 16.8 Å². The minimum absolute atomic E-state index is 0.0277. The Morgan fingerprint density at radius 2 is 2.00 bits per heavy atom. The highest BCUT2D eigenvalue weighted by atomic mass is 16.4. The molecule has 1 atom stereocenters. The van der Waals surface area contributed by atoms with Crippen molar-refractivity contribution in [2.24, 2.45) is 16.7 Å². The van der Waals surface area contributed by atoms with Crippen LogP contribution >= 0.6 is 0 Å². The molecule has 0 aliphatic carbocycles. The molecule has 11 heavy (non-hydrogen) atoms. The molecule has 0 aromatic rings. The number of carboxylic acid groups (broad SMARTS) is 1. The predicted molar refractivity (Wildman–Crippen MR) is 39.2 cm³/mol. The molecule has 7 heteroatoms. The van der Waals surface area contributed by atoms with Gasteiger partial charge in [-0.2, -0.15) is 0 Å². The van der Waals surface area contributed by atoms with Crippen LogP contribution in [0.15, 0.2) is 4.99 Å². The van der Waals surface area contributed by atoms with E-state index in [-0.39, 0.29) is 5.96 Å². The molecule has 0 amide bonds. The number of rotatable bonds is 2. The maximum atomic E-state index is 10.2. The lowest BCUT2D eigenvalue weighted by Crippen LogP contribution is -2.46. The number of carboxylic acids is 1. The first-order valence-corrected chi connectivity index (χ1v) is 2.85. The van der Waals surface area contributed by atoms with Gasteiger partial charge in [-0.15, -0.1) is 0 Å². The van der Waals surface area contributed by atoms with Crippen molar-refractivity contribution in [2.45, 2.75) is 13.0 Å². The van der Waals surface area contributed by atoms with E-state index in [9.17, 15) is 4.79 Å². The Morgan fingerprint density at radius 1 is 1.55 bits per heavy atom. The molecule has 64 valence electrons. The summed E-state index contributed by atoms with van der Waals surface area (Å²) in [6.07, 6.45) is 0. The van der Waals surface area contributed by atoms with E-state index in [1.165, 1.54) is 6.92 Å². The maximum Gasteiger partial charge on any atom is 0.328 e. The van der Waals surface area contributed by atoms with Gasteiger partial charge in [0.15, 0.2) is 0 Å². The number of nitrogens with zero attached hydrogens (tertiary/aromatic N) is 1. The highest BCUT2D eigenvalue weighted by molar-refractivity contribution is 5.82. The van der Waals surface area contributed by atoms with E-state index in [1.54, 1.807) is 0 Å². The molecule has 0 aliphatic rings. The zero-order valence-corrected chi connectivity index (χ0v) is 6.03. The molecule has 7 nitrogen and oxygen atoms in total. The molecule has 7 N–H and O–H groups in total. The molecule has 0 heterocycles. The zero-order chi connectivity index (χ0) is 8.85. The van der Waals surface area contributed by atoms with Crippen molar-refractivity contribution in [3.63, 3.8) is 0 Å². The van der Waals surface area contributed by atoms with E-state index in [1.807, 2.05) is 0 Å². The number of aliphatic imine (C=N–C) groups is 1. The van der Waals surface area contributed by atoms with Gasteiger partial charge in [-0.25, -0.2) is 21.5 Å². The van der Waals surface area contributed by atoms with Crippen LogP contribution in [0, 0.1) is 0 Å². The van der Waals surface area contributed by atoms with Crippen molar-refractivity contribution in [2.75, 3.05) is 0 Å². The number of nitrogens with two attached hydrogens (primary N) is 2. The molecule has 0 unspecified atom stereocenters. The fourth-order valence-corrected chi connectivity index (χ4v) is 0.365. The Bertz CT molecular complexity index is 162. The van der Waals surface area contributed by atoms with Gasteiger partial charge in [-0.1, -0.05) is 0 Å². The summed E-state index contributed by atoms with van der Waals surface area (Å²) in [6.45, 7) is 1.40. The first-order valence-electron chi connectivity index (χ1n) is 2.85. The van der Waals surface area contributed by atoms with Crippen LogP contribution in [0.2, 0.25) is 0 Å². The third-order valence-electron chi connectivity index (χ3n) is 0.954. The summed E-state index contributed by atoms with van der Waals surface area (Å²) < 4.78 is 0. The molecule has 0 saturated heterocycles. The third kappa shape index (κ3) is 3.38. The van der Waals surface area contributed by atoms with Gasteiger partial charge in [0.05, 0.1) is 0 Å². The second kappa shape index (κ2) is 4.47. The number of aliphatic carboxylic acids is 1. The van der Waals surface area contributed by atoms with Crippen LogP contribution < -0.4 is 22.5 Å². The Morgan fingerprint density at radius 3 is 2.27 bits per heavy atom. The summed E-state index contributed by atoms with van der Waals surface area (Å²) in [5.41, 5.74) is 4.18. The van der Waals surface area contributed by atoms with E-state index in [2.05, 4.69) is 15.8 Å². The third-order valence-corrected chi connectivity index (χ3v) is 0.954. The van der Waals surface area contributed by atoms with Crippen molar-refractivity contribution in [3.05, 3.63) is 0 Å². The highest BCUT2D eigenvalue weighted by Gasteiger charge is 2.08. The smallest absolute Gasteiger partial charge is 0.328 e. The molecule has 0 radical (unpaired) electrons. The minimum Gasteiger partial charge on any atom is -0.480 e. The quantitative estimate of drug-likeness (QED) is 0.135. The van der Waals surface area contributed by atoms with Gasteiger partial charge in [0, 0.05) is 0 Å². The van der Waals surface area contributed by atoms with Gasteiger partial charge in [0.25, 0.3) is 0 Å². The summed E-state index contributed by atoms with van der Waals surface area (Å²) in [7, 11) is 0. The SMILES string of the molecule is C[C@H](N=C(NN)NN)C(=O)O. The van der Waals surface area contributed by atoms with Crippen molar-refractivity contribution < 1.29 is 9.90 Å². The van der Waals surface area contributed by atoms with Gasteiger partial charge in [-0.05, 0) is 6.92 Å². The van der Waals surface area contributed by atoms with Crippen molar-refractivity contribution in [1.29, 1.82) is 0 Å². The van der Waals surface area contributed by atoms with Crippen LogP contribution in [-0.4, -0.2) is 23.1 Å². The normalized spacial score (nSPS) is 11.5. The van der Waals surface area contributed by atoms with Gasteiger partial charge >= 0.3 is 5.97 Å². The van der Waals surface area contributed by atoms with Crippen LogP contribution in [0.1, 0.15) is 6.92 Å². The van der Waals surface area contributed by atoms with Gasteiger partial charge < -0.3 is 5.11 Å². The highest BCUT2D eigenvalue weighted by Crippen LogP contribution is 1.87. The average molecular weight is 161 g/mol. The second-order valence-electron chi connectivity index (χ2n) is 1.78. The fraction of sp³-hybridized carbons (Fsp3) is 0.500. The van der Waals surface area contributed by atoms with E-state index in [0.717, 1.165) is 0 Å². The topological polar surface area (TPSA) is 126 Å². The number of guanidine groups is 1. The van der Waals surface area contributed by atoms with Gasteiger partial charge in [-0.3, -0.25) is 10.9 Å². The molecule has 0 bridgehead atoms. The molecule has 0 rings (SSSR count). The molecular formula is C4H11N5O2. The van der Waals surface area contributed by atoms with E-state index in [0.29, 0.717) is 0 Å². The number of hydrogen-bond acceptors (Lipinski definition) is 4. The molecular weight excluding hydrogens is 150 g/mol. The van der Waals surface area contributed by atoms with Crippen LogP contribution in [0.25, 0.3) is 0 Å². The summed E-state index contributed by atoms with van der Waals surface area (Å²) in [5.74, 6) is 8.81.